The van der Waals surface area contributed by atoms with Crippen molar-refractivity contribution < 1.29 is 18.3 Å². The molecular weight excluding hydrogens is 240 g/mol. The van der Waals surface area contributed by atoms with Crippen molar-refractivity contribution >= 4 is 6.29 Å². The standard InChI is InChI=1S/C13H9F2NO2/c1-18-13-12(15)10(4-5-16-13)8-2-3-9(7-17)11(14)6-8/h2-7H,1H3. The molecule has 0 radical (unpaired) electrons. The van der Waals surface area contributed by atoms with Crippen molar-refractivity contribution in [3.63, 3.8) is 0 Å². The lowest BCUT2D eigenvalue weighted by atomic mass is 10.0. The van der Waals surface area contributed by atoms with E-state index in [1.54, 1.807) is 0 Å². The maximum Gasteiger partial charge on any atom is 0.250 e. The second kappa shape index (κ2) is 4.91. The summed E-state index contributed by atoms with van der Waals surface area (Å²) in [4.78, 5) is 14.2. The van der Waals surface area contributed by atoms with Gasteiger partial charge in [0.05, 0.1) is 12.7 Å². The molecule has 1 aromatic heterocycles. The van der Waals surface area contributed by atoms with Crippen molar-refractivity contribution in [2.24, 2.45) is 0 Å². The highest BCUT2D eigenvalue weighted by Crippen LogP contribution is 2.28. The predicted molar refractivity (Wildman–Crippen MR) is 61.5 cm³/mol. The largest absolute Gasteiger partial charge is 0.479 e. The first-order chi connectivity index (χ1) is 8.67. The van der Waals surface area contributed by atoms with Gasteiger partial charge in [0.2, 0.25) is 0 Å². The summed E-state index contributed by atoms with van der Waals surface area (Å²) in [6, 6.07) is 5.27. The quantitative estimate of drug-likeness (QED) is 0.785. The first-order valence-corrected chi connectivity index (χ1v) is 5.11. The fourth-order valence-electron chi connectivity index (χ4n) is 1.58. The van der Waals surface area contributed by atoms with E-state index in [0.717, 1.165) is 6.07 Å². The average Bonchev–Trinajstić information content (AvgIpc) is 2.39. The van der Waals surface area contributed by atoms with Crippen molar-refractivity contribution in [1.29, 1.82) is 0 Å². The van der Waals surface area contributed by atoms with E-state index in [1.807, 2.05) is 0 Å². The van der Waals surface area contributed by atoms with Crippen LogP contribution in [0.5, 0.6) is 5.88 Å². The lowest BCUT2D eigenvalue weighted by molar-refractivity contribution is 0.112. The molecule has 0 aliphatic rings. The number of hydrogen-bond acceptors (Lipinski definition) is 3. The van der Waals surface area contributed by atoms with Gasteiger partial charge in [-0.25, -0.2) is 13.8 Å². The van der Waals surface area contributed by atoms with Crippen molar-refractivity contribution in [2.45, 2.75) is 0 Å². The van der Waals surface area contributed by atoms with Crippen LogP contribution in [0, 0.1) is 11.6 Å². The van der Waals surface area contributed by atoms with Crippen LogP contribution in [0.1, 0.15) is 10.4 Å². The molecule has 0 saturated heterocycles. The average molecular weight is 249 g/mol. The van der Waals surface area contributed by atoms with Crippen molar-refractivity contribution in [3.05, 3.63) is 47.7 Å². The zero-order chi connectivity index (χ0) is 13.1. The Labute approximate surface area is 102 Å². The summed E-state index contributed by atoms with van der Waals surface area (Å²) < 4.78 is 32.1. The number of carbonyl (C=O) groups is 1. The molecule has 0 bridgehead atoms. The zero-order valence-electron chi connectivity index (χ0n) is 9.48. The Hall–Kier alpha value is -2.30. The van der Waals surface area contributed by atoms with E-state index < -0.39 is 11.6 Å². The van der Waals surface area contributed by atoms with Gasteiger partial charge >= 0.3 is 0 Å². The minimum absolute atomic E-state index is 0.0693. The van der Waals surface area contributed by atoms with Gasteiger partial charge in [-0.2, -0.15) is 0 Å². The molecule has 0 N–H and O–H groups in total. The number of hydrogen-bond donors (Lipinski definition) is 0. The second-order valence-corrected chi connectivity index (χ2v) is 3.54. The minimum atomic E-state index is -0.697. The predicted octanol–water partition coefficient (Wildman–Crippen LogP) is 2.85. The van der Waals surface area contributed by atoms with Crippen LogP contribution in [-0.4, -0.2) is 18.4 Å². The Kier molecular flexibility index (Phi) is 3.32. The van der Waals surface area contributed by atoms with Crippen LogP contribution in [0.3, 0.4) is 0 Å². The molecule has 5 heteroatoms. The van der Waals surface area contributed by atoms with Gasteiger partial charge < -0.3 is 4.74 Å². The molecule has 1 aromatic carbocycles. The number of aldehydes is 1. The summed E-state index contributed by atoms with van der Waals surface area (Å²) in [6.45, 7) is 0. The second-order valence-electron chi connectivity index (χ2n) is 3.54. The highest BCUT2D eigenvalue weighted by atomic mass is 19.1. The van der Waals surface area contributed by atoms with Crippen LogP contribution in [0.25, 0.3) is 11.1 Å². The summed E-state index contributed by atoms with van der Waals surface area (Å²) in [5.74, 6) is -1.52. The maximum absolute atomic E-state index is 13.9. The molecule has 0 aliphatic heterocycles. The maximum atomic E-state index is 13.9. The van der Waals surface area contributed by atoms with Crippen LogP contribution in [0.4, 0.5) is 8.78 Å². The third-order valence-corrected chi connectivity index (χ3v) is 2.49. The molecule has 0 saturated carbocycles. The van der Waals surface area contributed by atoms with Crippen molar-refractivity contribution in [2.75, 3.05) is 7.11 Å². The van der Waals surface area contributed by atoms with Gasteiger partial charge in [0.1, 0.15) is 5.82 Å². The molecule has 3 nitrogen and oxygen atoms in total. The third-order valence-electron chi connectivity index (χ3n) is 2.49. The molecule has 0 unspecified atom stereocenters. The number of pyridine rings is 1. The van der Waals surface area contributed by atoms with Crippen LogP contribution < -0.4 is 4.74 Å². The monoisotopic (exact) mass is 249 g/mol. The summed E-state index contributed by atoms with van der Waals surface area (Å²) in [6.07, 6.45) is 1.77. The molecule has 0 fully saturated rings. The Morgan fingerprint density at radius 3 is 2.67 bits per heavy atom. The Bertz CT molecular complexity index is 600. The van der Waals surface area contributed by atoms with Gasteiger partial charge in [0, 0.05) is 11.8 Å². The SMILES string of the molecule is COc1nccc(-c2ccc(C=O)c(F)c2)c1F. The van der Waals surface area contributed by atoms with E-state index >= 15 is 0 Å². The minimum Gasteiger partial charge on any atom is -0.479 e. The molecule has 0 amide bonds. The van der Waals surface area contributed by atoms with Crippen molar-refractivity contribution in [1.82, 2.24) is 4.98 Å². The lowest BCUT2D eigenvalue weighted by Gasteiger charge is -2.07. The normalized spacial score (nSPS) is 10.2. The molecule has 2 aromatic rings. The number of nitrogens with zero attached hydrogens (tertiary/aromatic N) is 1. The van der Waals surface area contributed by atoms with Crippen molar-refractivity contribution in [3.8, 4) is 17.0 Å². The molecule has 18 heavy (non-hydrogen) atoms. The summed E-state index contributed by atoms with van der Waals surface area (Å²) in [5, 5.41) is 0. The molecule has 1 heterocycles. The number of carbonyl (C=O) groups excluding carboxylic acids is 1. The van der Waals surface area contributed by atoms with Gasteiger partial charge in [0.25, 0.3) is 5.88 Å². The molecule has 92 valence electrons. The third kappa shape index (κ3) is 2.07. The van der Waals surface area contributed by atoms with E-state index in [0.29, 0.717) is 11.8 Å². The number of halogens is 2. The zero-order valence-corrected chi connectivity index (χ0v) is 9.48. The summed E-state index contributed by atoms with van der Waals surface area (Å²) in [5.41, 5.74) is 0.412. The first kappa shape index (κ1) is 12.2. The fraction of sp³-hybridized carbons (Fsp3) is 0.0769. The van der Waals surface area contributed by atoms with E-state index in [2.05, 4.69) is 4.98 Å². The number of methoxy groups -OCH3 is 1. The van der Waals surface area contributed by atoms with Gasteiger partial charge in [-0.1, -0.05) is 6.07 Å². The van der Waals surface area contributed by atoms with Gasteiger partial charge in [-0.15, -0.1) is 0 Å². The van der Waals surface area contributed by atoms with E-state index in [4.69, 9.17) is 4.74 Å². The van der Waals surface area contributed by atoms with Crippen LogP contribution in [0.15, 0.2) is 30.5 Å². The van der Waals surface area contributed by atoms with Crippen LogP contribution >= 0.6 is 0 Å². The van der Waals surface area contributed by atoms with E-state index in [9.17, 15) is 13.6 Å². The molecular formula is C13H9F2NO2. The number of ether oxygens (including phenoxy) is 1. The fourth-order valence-corrected chi connectivity index (χ4v) is 1.58. The number of rotatable bonds is 3. The summed E-state index contributed by atoms with van der Waals surface area (Å²) in [7, 11) is 1.30. The smallest absolute Gasteiger partial charge is 0.250 e. The molecule has 2 rings (SSSR count). The highest BCUT2D eigenvalue weighted by molar-refractivity contribution is 5.77. The molecule has 0 atom stereocenters. The summed E-state index contributed by atoms with van der Waals surface area (Å²) >= 11 is 0. The number of benzene rings is 1. The van der Waals surface area contributed by atoms with Crippen LogP contribution in [0.2, 0.25) is 0 Å². The first-order valence-electron chi connectivity index (χ1n) is 5.11. The van der Waals surface area contributed by atoms with Crippen LogP contribution in [-0.2, 0) is 0 Å². The Morgan fingerprint density at radius 2 is 2.06 bits per heavy atom. The van der Waals surface area contributed by atoms with Gasteiger partial charge in [0.15, 0.2) is 12.1 Å². The van der Waals surface area contributed by atoms with Gasteiger partial charge in [-0.3, -0.25) is 4.79 Å². The molecule has 0 spiro atoms. The molecule has 0 aliphatic carbocycles. The number of aromatic nitrogens is 1. The Morgan fingerprint density at radius 1 is 1.28 bits per heavy atom. The van der Waals surface area contributed by atoms with Gasteiger partial charge in [-0.05, 0) is 23.8 Å². The Balaban J connectivity index is 2.55. The van der Waals surface area contributed by atoms with E-state index in [1.165, 1.54) is 31.5 Å². The van der Waals surface area contributed by atoms with E-state index in [-0.39, 0.29) is 17.0 Å². The lowest BCUT2D eigenvalue weighted by Crippen LogP contribution is -1.95. The topological polar surface area (TPSA) is 39.2 Å². The highest BCUT2D eigenvalue weighted by Gasteiger charge is 2.13.